The molecule has 1 atom stereocenters. The van der Waals surface area contributed by atoms with E-state index in [1.54, 1.807) is 19.2 Å². The summed E-state index contributed by atoms with van der Waals surface area (Å²) >= 11 is 5.77. The van der Waals surface area contributed by atoms with Crippen molar-refractivity contribution in [1.29, 1.82) is 0 Å². The average Bonchev–Trinajstić information content (AvgIpc) is 3.33. The number of ether oxygens (including phenoxy) is 2. The first-order valence-corrected chi connectivity index (χ1v) is 10.3. The van der Waals surface area contributed by atoms with Crippen molar-refractivity contribution in [2.75, 3.05) is 26.8 Å². The normalized spacial score (nSPS) is 21.4. The van der Waals surface area contributed by atoms with Crippen LogP contribution in [0.2, 0.25) is 0 Å². The molecule has 0 spiro atoms. The minimum absolute atomic E-state index is 0.154. The number of rotatable bonds is 6. The van der Waals surface area contributed by atoms with Crippen molar-refractivity contribution >= 4 is 12.2 Å². The number of halogens is 1. The summed E-state index contributed by atoms with van der Waals surface area (Å²) < 4.78 is 29.3. The van der Waals surface area contributed by atoms with E-state index in [-0.39, 0.29) is 11.9 Å². The highest BCUT2D eigenvalue weighted by molar-refractivity contribution is 7.71. The summed E-state index contributed by atoms with van der Waals surface area (Å²) in [6.45, 7) is 4.06. The van der Waals surface area contributed by atoms with Gasteiger partial charge in [-0.3, -0.25) is 9.47 Å². The van der Waals surface area contributed by atoms with Crippen molar-refractivity contribution in [3.63, 3.8) is 0 Å². The Hall–Kier alpha value is -1.61. The maximum atomic E-state index is 13.4. The predicted molar refractivity (Wildman–Crippen MR) is 107 cm³/mol. The van der Waals surface area contributed by atoms with Gasteiger partial charge in [0.05, 0.1) is 25.4 Å². The van der Waals surface area contributed by atoms with Crippen LogP contribution in [0.5, 0.6) is 0 Å². The number of likely N-dealkylation sites (tertiary alicyclic amines) is 1. The molecule has 2 fully saturated rings. The van der Waals surface area contributed by atoms with Crippen LogP contribution in [-0.4, -0.2) is 58.3 Å². The zero-order chi connectivity index (χ0) is 19.5. The van der Waals surface area contributed by atoms with Crippen LogP contribution in [0.25, 0.3) is 11.4 Å². The lowest BCUT2D eigenvalue weighted by atomic mass is 10.1. The Bertz CT molecular complexity index is 837. The van der Waals surface area contributed by atoms with Gasteiger partial charge in [-0.1, -0.05) is 0 Å². The summed E-state index contributed by atoms with van der Waals surface area (Å²) in [4.78, 5) is 2.35. The molecule has 4 rings (SSSR count). The van der Waals surface area contributed by atoms with E-state index in [2.05, 4.69) is 4.90 Å². The molecule has 8 heteroatoms. The molecule has 1 aromatic heterocycles. The van der Waals surface area contributed by atoms with Gasteiger partial charge in [-0.15, -0.1) is 0 Å². The third-order valence-electron chi connectivity index (χ3n) is 5.64. The van der Waals surface area contributed by atoms with Gasteiger partial charge in [0.15, 0.2) is 10.6 Å². The van der Waals surface area contributed by atoms with Crippen molar-refractivity contribution in [3.05, 3.63) is 34.9 Å². The van der Waals surface area contributed by atoms with Crippen molar-refractivity contribution in [1.82, 2.24) is 19.2 Å². The van der Waals surface area contributed by atoms with Gasteiger partial charge in [0.1, 0.15) is 5.82 Å². The van der Waals surface area contributed by atoms with Crippen LogP contribution in [0.3, 0.4) is 0 Å². The van der Waals surface area contributed by atoms with Crippen molar-refractivity contribution in [2.45, 2.75) is 51.1 Å². The van der Waals surface area contributed by atoms with Gasteiger partial charge in [-0.25, -0.2) is 9.07 Å². The second-order valence-corrected chi connectivity index (χ2v) is 7.92. The summed E-state index contributed by atoms with van der Waals surface area (Å²) in [6, 6.07) is 6.44. The second kappa shape index (κ2) is 8.82. The van der Waals surface area contributed by atoms with Crippen LogP contribution >= 0.6 is 12.2 Å². The van der Waals surface area contributed by atoms with E-state index in [0.29, 0.717) is 24.1 Å². The molecule has 3 heterocycles. The molecule has 1 unspecified atom stereocenters. The lowest BCUT2D eigenvalue weighted by Crippen LogP contribution is -2.38. The Morgan fingerprint density at radius 1 is 1.21 bits per heavy atom. The van der Waals surface area contributed by atoms with Gasteiger partial charge in [-0.2, -0.15) is 5.10 Å². The fraction of sp³-hybridized carbons (Fsp3) is 0.600. The molecule has 6 nitrogen and oxygen atoms in total. The number of methoxy groups -OCH3 is 1. The van der Waals surface area contributed by atoms with E-state index in [1.807, 2.05) is 9.25 Å². The Balaban J connectivity index is 1.59. The molecule has 0 saturated carbocycles. The number of piperidine rings is 1. The average molecular weight is 407 g/mol. The summed E-state index contributed by atoms with van der Waals surface area (Å²) in [5.74, 6) is 0.515. The first kappa shape index (κ1) is 19.7. The Kier molecular flexibility index (Phi) is 6.20. The Morgan fingerprint density at radius 2 is 1.96 bits per heavy atom. The monoisotopic (exact) mass is 406 g/mol. The predicted octanol–water partition coefficient (Wildman–Crippen LogP) is 3.47. The summed E-state index contributed by atoms with van der Waals surface area (Å²) in [5.41, 5.74) is 0.863. The largest absolute Gasteiger partial charge is 0.381 e. The Morgan fingerprint density at radius 3 is 2.61 bits per heavy atom. The van der Waals surface area contributed by atoms with Crippen molar-refractivity contribution in [2.24, 2.45) is 0 Å². The molecule has 0 N–H and O–H groups in total. The van der Waals surface area contributed by atoms with Gasteiger partial charge in [0.25, 0.3) is 0 Å². The first-order chi connectivity index (χ1) is 13.6. The smallest absolute Gasteiger partial charge is 0.199 e. The second-order valence-electron chi connectivity index (χ2n) is 7.55. The highest BCUT2D eigenvalue weighted by Crippen LogP contribution is 2.23. The Labute approximate surface area is 169 Å². The van der Waals surface area contributed by atoms with E-state index in [1.165, 1.54) is 12.1 Å². The number of benzene rings is 1. The molecule has 28 heavy (non-hydrogen) atoms. The molecule has 0 amide bonds. The fourth-order valence-corrected chi connectivity index (χ4v) is 4.24. The molecule has 2 aromatic rings. The van der Waals surface area contributed by atoms with Crippen LogP contribution in [-0.2, 0) is 22.7 Å². The molecule has 2 saturated heterocycles. The third-order valence-corrected chi connectivity index (χ3v) is 6.07. The molecule has 2 aliphatic heterocycles. The minimum atomic E-state index is -0.256. The number of hydrogen-bond acceptors (Lipinski definition) is 5. The van der Waals surface area contributed by atoms with E-state index in [9.17, 15) is 4.39 Å². The number of aromatic nitrogens is 3. The van der Waals surface area contributed by atoms with Gasteiger partial charge in [0, 0.05) is 32.4 Å². The third kappa shape index (κ3) is 4.35. The standard InChI is InChI=1S/C20H27FN4O2S/c1-26-17-8-10-23(11-9-17)14-25-20(28)24(13-18-3-2-12-27-18)19(22-25)15-4-6-16(21)7-5-15/h4-7,17-18H,2-3,8-14H2,1H3. The molecule has 0 aliphatic carbocycles. The van der Waals surface area contributed by atoms with E-state index < -0.39 is 0 Å². The SMILES string of the molecule is COC1CCN(Cn2nc(-c3ccc(F)cc3)n(CC3CCCO3)c2=S)CC1. The topological polar surface area (TPSA) is 44.5 Å². The summed E-state index contributed by atoms with van der Waals surface area (Å²) in [5, 5.41) is 4.81. The minimum Gasteiger partial charge on any atom is -0.381 e. The van der Waals surface area contributed by atoms with Gasteiger partial charge >= 0.3 is 0 Å². The van der Waals surface area contributed by atoms with Crippen LogP contribution in [0.15, 0.2) is 24.3 Å². The van der Waals surface area contributed by atoms with Gasteiger partial charge in [0.2, 0.25) is 0 Å². The zero-order valence-corrected chi connectivity index (χ0v) is 17.0. The zero-order valence-electron chi connectivity index (χ0n) is 16.2. The maximum Gasteiger partial charge on any atom is 0.199 e. The first-order valence-electron chi connectivity index (χ1n) is 9.94. The van der Waals surface area contributed by atoms with Crippen molar-refractivity contribution < 1.29 is 13.9 Å². The van der Waals surface area contributed by atoms with Crippen molar-refractivity contribution in [3.8, 4) is 11.4 Å². The highest BCUT2D eigenvalue weighted by atomic mass is 32.1. The van der Waals surface area contributed by atoms with Gasteiger partial charge in [-0.05, 0) is 62.2 Å². The molecule has 1 aromatic carbocycles. The molecule has 0 radical (unpaired) electrons. The molecule has 0 bridgehead atoms. The quantitative estimate of drug-likeness (QED) is 0.688. The molecular weight excluding hydrogens is 379 g/mol. The van der Waals surface area contributed by atoms with Crippen LogP contribution in [0.4, 0.5) is 4.39 Å². The van der Waals surface area contributed by atoms with Gasteiger partial charge < -0.3 is 9.47 Å². The lowest BCUT2D eigenvalue weighted by Gasteiger charge is -2.30. The molecule has 2 aliphatic rings. The fourth-order valence-electron chi connectivity index (χ4n) is 3.98. The number of hydrogen-bond donors (Lipinski definition) is 0. The van der Waals surface area contributed by atoms with E-state index >= 15 is 0 Å². The lowest BCUT2D eigenvalue weighted by molar-refractivity contribution is 0.0300. The van der Waals surface area contributed by atoms with Crippen LogP contribution < -0.4 is 0 Å². The molecule has 152 valence electrons. The van der Waals surface area contributed by atoms with E-state index in [0.717, 1.165) is 56.8 Å². The summed E-state index contributed by atoms with van der Waals surface area (Å²) in [6.07, 6.45) is 4.64. The maximum absolute atomic E-state index is 13.4. The van der Waals surface area contributed by atoms with E-state index in [4.69, 9.17) is 26.8 Å². The highest BCUT2D eigenvalue weighted by Gasteiger charge is 2.23. The summed E-state index contributed by atoms with van der Waals surface area (Å²) in [7, 11) is 1.78. The van der Waals surface area contributed by atoms with Crippen LogP contribution in [0, 0.1) is 10.6 Å². The molecular formula is C20H27FN4O2S. The number of nitrogens with zero attached hydrogens (tertiary/aromatic N) is 4. The van der Waals surface area contributed by atoms with Crippen LogP contribution in [0.1, 0.15) is 25.7 Å².